The molecule has 1 aliphatic heterocycles. The lowest BCUT2D eigenvalue weighted by Crippen LogP contribution is -2.37. The van der Waals surface area contributed by atoms with Gasteiger partial charge in [-0.05, 0) is 38.9 Å². The standard InChI is InChI=1S/C10H19ClN2/c1-9(11)6-12-7-10-4-3-5-13(2)8-10/h10,12H,1,3-8H2,2H3. The molecule has 0 spiro atoms. The van der Waals surface area contributed by atoms with Gasteiger partial charge in [-0.3, -0.25) is 0 Å². The summed E-state index contributed by atoms with van der Waals surface area (Å²) in [6.45, 7) is 7.91. The summed E-state index contributed by atoms with van der Waals surface area (Å²) in [6, 6.07) is 0. The number of nitrogens with one attached hydrogen (secondary N) is 1. The number of hydrogen-bond acceptors (Lipinski definition) is 2. The maximum Gasteiger partial charge on any atom is 0.0307 e. The van der Waals surface area contributed by atoms with E-state index in [1.54, 1.807) is 0 Å². The van der Waals surface area contributed by atoms with Gasteiger partial charge in [-0.1, -0.05) is 18.2 Å². The second kappa shape index (κ2) is 5.63. The molecule has 13 heavy (non-hydrogen) atoms. The van der Waals surface area contributed by atoms with E-state index in [2.05, 4.69) is 23.8 Å². The van der Waals surface area contributed by atoms with Crippen LogP contribution in [0.25, 0.3) is 0 Å². The van der Waals surface area contributed by atoms with E-state index in [1.807, 2.05) is 0 Å². The highest BCUT2D eigenvalue weighted by Gasteiger charge is 2.16. The molecule has 1 N–H and O–H groups in total. The van der Waals surface area contributed by atoms with Crippen molar-refractivity contribution in [1.82, 2.24) is 10.2 Å². The van der Waals surface area contributed by atoms with E-state index < -0.39 is 0 Å². The lowest BCUT2D eigenvalue weighted by atomic mass is 9.98. The van der Waals surface area contributed by atoms with E-state index in [-0.39, 0.29) is 0 Å². The molecule has 1 atom stereocenters. The normalized spacial score (nSPS) is 24.6. The molecule has 0 aliphatic carbocycles. The predicted molar refractivity (Wildman–Crippen MR) is 58.1 cm³/mol. The van der Waals surface area contributed by atoms with Crippen molar-refractivity contribution in [3.63, 3.8) is 0 Å². The number of piperidine rings is 1. The minimum atomic E-state index is 0.698. The van der Waals surface area contributed by atoms with Crippen LogP contribution in [-0.4, -0.2) is 38.1 Å². The maximum absolute atomic E-state index is 5.66. The van der Waals surface area contributed by atoms with Crippen LogP contribution in [0.4, 0.5) is 0 Å². The van der Waals surface area contributed by atoms with Crippen molar-refractivity contribution in [3.8, 4) is 0 Å². The Morgan fingerprint density at radius 1 is 1.69 bits per heavy atom. The highest BCUT2D eigenvalue weighted by atomic mass is 35.5. The summed E-state index contributed by atoms with van der Waals surface area (Å²) in [6.07, 6.45) is 2.66. The topological polar surface area (TPSA) is 15.3 Å². The second-order valence-electron chi connectivity index (χ2n) is 3.92. The molecule has 0 saturated carbocycles. The van der Waals surface area contributed by atoms with Gasteiger partial charge in [0, 0.05) is 18.1 Å². The predicted octanol–water partition coefficient (Wildman–Crippen LogP) is 1.67. The summed E-state index contributed by atoms with van der Waals surface area (Å²) in [5.74, 6) is 0.787. The highest BCUT2D eigenvalue weighted by Crippen LogP contribution is 2.13. The van der Waals surface area contributed by atoms with Crippen molar-refractivity contribution in [2.75, 3.05) is 33.2 Å². The van der Waals surface area contributed by atoms with Gasteiger partial charge in [0.2, 0.25) is 0 Å². The average molecular weight is 203 g/mol. The van der Waals surface area contributed by atoms with Gasteiger partial charge in [-0.15, -0.1) is 0 Å². The molecule has 0 radical (unpaired) electrons. The third kappa shape index (κ3) is 4.65. The van der Waals surface area contributed by atoms with Crippen LogP contribution in [0, 0.1) is 5.92 Å². The molecular weight excluding hydrogens is 184 g/mol. The van der Waals surface area contributed by atoms with Crippen LogP contribution in [-0.2, 0) is 0 Å². The van der Waals surface area contributed by atoms with E-state index in [0.717, 1.165) is 19.0 Å². The number of nitrogens with zero attached hydrogens (tertiary/aromatic N) is 1. The fraction of sp³-hybridized carbons (Fsp3) is 0.800. The van der Waals surface area contributed by atoms with Crippen molar-refractivity contribution in [2.45, 2.75) is 12.8 Å². The second-order valence-corrected chi connectivity index (χ2v) is 4.45. The Kier molecular flexibility index (Phi) is 4.78. The van der Waals surface area contributed by atoms with Gasteiger partial charge in [-0.25, -0.2) is 0 Å². The molecule has 1 fully saturated rings. The summed E-state index contributed by atoms with van der Waals surface area (Å²) in [5, 5.41) is 4.02. The molecular formula is C10H19ClN2. The van der Waals surface area contributed by atoms with Crippen LogP contribution in [0.15, 0.2) is 11.6 Å². The van der Waals surface area contributed by atoms with Gasteiger partial charge in [0.1, 0.15) is 0 Å². The first-order chi connectivity index (χ1) is 6.18. The van der Waals surface area contributed by atoms with Gasteiger partial charge >= 0.3 is 0 Å². The highest BCUT2D eigenvalue weighted by molar-refractivity contribution is 6.29. The molecule has 3 heteroatoms. The molecule has 0 amide bonds. The van der Waals surface area contributed by atoms with Gasteiger partial charge in [0.05, 0.1) is 0 Å². The van der Waals surface area contributed by atoms with Crippen LogP contribution >= 0.6 is 11.6 Å². The SMILES string of the molecule is C=C(Cl)CNCC1CCCN(C)C1. The van der Waals surface area contributed by atoms with Crippen LogP contribution in [0.5, 0.6) is 0 Å². The molecule has 2 nitrogen and oxygen atoms in total. The largest absolute Gasteiger partial charge is 0.311 e. The van der Waals surface area contributed by atoms with Crippen molar-refractivity contribution in [2.24, 2.45) is 5.92 Å². The Labute approximate surface area is 85.9 Å². The fourth-order valence-electron chi connectivity index (χ4n) is 1.85. The first kappa shape index (κ1) is 11.0. The van der Waals surface area contributed by atoms with E-state index in [1.165, 1.54) is 25.9 Å². The molecule has 0 aromatic heterocycles. The first-order valence-electron chi connectivity index (χ1n) is 4.91. The van der Waals surface area contributed by atoms with Crippen molar-refractivity contribution >= 4 is 11.6 Å². The van der Waals surface area contributed by atoms with Gasteiger partial charge < -0.3 is 10.2 Å². The lowest BCUT2D eigenvalue weighted by molar-refractivity contribution is 0.207. The van der Waals surface area contributed by atoms with Crippen LogP contribution in [0.2, 0.25) is 0 Å². The van der Waals surface area contributed by atoms with Gasteiger partial charge in [-0.2, -0.15) is 0 Å². The molecule has 1 rings (SSSR count). The van der Waals surface area contributed by atoms with Crippen molar-refractivity contribution in [3.05, 3.63) is 11.6 Å². The average Bonchev–Trinajstić information content (AvgIpc) is 2.03. The Morgan fingerprint density at radius 3 is 3.08 bits per heavy atom. The molecule has 1 aliphatic rings. The van der Waals surface area contributed by atoms with Crippen molar-refractivity contribution < 1.29 is 0 Å². The van der Waals surface area contributed by atoms with Crippen LogP contribution < -0.4 is 5.32 Å². The zero-order valence-corrected chi connectivity index (χ0v) is 9.11. The molecule has 0 aromatic rings. The Bertz CT molecular complexity index is 170. The Balaban J connectivity index is 2.10. The molecule has 0 aromatic carbocycles. The van der Waals surface area contributed by atoms with E-state index in [9.17, 15) is 0 Å². The summed E-state index contributed by atoms with van der Waals surface area (Å²) < 4.78 is 0. The van der Waals surface area contributed by atoms with Gasteiger partial charge in [0.25, 0.3) is 0 Å². The summed E-state index contributed by atoms with van der Waals surface area (Å²) >= 11 is 5.66. The number of rotatable bonds is 4. The molecule has 76 valence electrons. The quantitative estimate of drug-likeness (QED) is 0.746. The zero-order chi connectivity index (χ0) is 9.68. The van der Waals surface area contributed by atoms with E-state index in [0.29, 0.717) is 5.03 Å². The number of halogens is 1. The molecule has 0 bridgehead atoms. The summed E-state index contributed by atoms with van der Waals surface area (Å²) in [7, 11) is 2.19. The van der Waals surface area contributed by atoms with Crippen LogP contribution in [0.1, 0.15) is 12.8 Å². The minimum Gasteiger partial charge on any atom is -0.311 e. The third-order valence-electron chi connectivity index (χ3n) is 2.47. The van der Waals surface area contributed by atoms with E-state index >= 15 is 0 Å². The molecule has 1 unspecified atom stereocenters. The number of hydrogen-bond donors (Lipinski definition) is 1. The smallest absolute Gasteiger partial charge is 0.0307 e. The minimum absolute atomic E-state index is 0.698. The maximum atomic E-state index is 5.66. The fourth-order valence-corrected chi connectivity index (χ4v) is 1.95. The summed E-state index contributed by atoms with van der Waals surface area (Å²) in [4.78, 5) is 2.39. The molecule has 1 heterocycles. The zero-order valence-electron chi connectivity index (χ0n) is 8.35. The Morgan fingerprint density at radius 2 is 2.46 bits per heavy atom. The van der Waals surface area contributed by atoms with Crippen molar-refractivity contribution in [1.29, 1.82) is 0 Å². The lowest BCUT2D eigenvalue weighted by Gasteiger charge is -2.29. The summed E-state index contributed by atoms with van der Waals surface area (Å²) in [5.41, 5.74) is 0. The van der Waals surface area contributed by atoms with E-state index in [4.69, 9.17) is 11.6 Å². The monoisotopic (exact) mass is 202 g/mol. The number of likely N-dealkylation sites (tertiary alicyclic amines) is 1. The third-order valence-corrected chi connectivity index (χ3v) is 2.61. The Hall–Kier alpha value is -0.0500. The van der Waals surface area contributed by atoms with Gasteiger partial charge in [0.15, 0.2) is 0 Å². The van der Waals surface area contributed by atoms with Crippen LogP contribution in [0.3, 0.4) is 0 Å². The molecule has 1 saturated heterocycles. The first-order valence-corrected chi connectivity index (χ1v) is 5.29.